The second kappa shape index (κ2) is 7.13. The highest BCUT2D eigenvalue weighted by molar-refractivity contribution is 8.00. The van der Waals surface area contributed by atoms with Crippen molar-refractivity contribution in [2.75, 3.05) is 12.4 Å². The van der Waals surface area contributed by atoms with Gasteiger partial charge in [0.15, 0.2) is 0 Å². The molecule has 0 spiro atoms. The monoisotopic (exact) mass is 289 g/mol. The van der Waals surface area contributed by atoms with E-state index >= 15 is 0 Å². The number of hydrogen-bond acceptors (Lipinski definition) is 4. The number of rotatable bonds is 7. The minimum Gasteiger partial charge on any atom is -0.396 e. The van der Waals surface area contributed by atoms with Crippen molar-refractivity contribution in [3.05, 3.63) is 24.3 Å². The zero-order valence-corrected chi connectivity index (χ0v) is 12.2. The quantitative estimate of drug-likeness (QED) is 0.594. The summed E-state index contributed by atoms with van der Waals surface area (Å²) >= 11 is 1.45. The lowest BCUT2D eigenvalue weighted by molar-refractivity contribution is 0.296. The van der Waals surface area contributed by atoms with Gasteiger partial charge in [0.25, 0.3) is 0 Å². The molecular weight excluding hydrogens is 270 g/mol. The molecule has 102 valence electrons. The van der Waals surface area contributed by atoms with E-state index in [0.717, 1.165) is 4.90 Å². The van der Waals surface area contributed by atoms with Crippen LogP contribution in [0.4, 0.5) is 0 Å². The number of aliphatic hydroxyl groups excluding tert-OH is 1. The molecule has 0 amide bonds. The van der Waals surface area contributed by atoms with Crippen LogP contribution in [0.1, 0.15) is 20.3 Å². The average molecular weight is 289 g/mol. The van der Waals surface area contributed by atoms with Crippen molar-refractivity contribution in [2.24, 2.45) is 0 Å². The molecule has 0 aromatic heterocycles. The maximum absolute atomic E-state index is 12.1. The van der Waals surface area contributed by atoms with Gasteiger partial charge in [-0.05, 0) is 32.4 Å². The fourth-order valence-corrected chi connectivity index (χ4v) is 4.13. The van der Waals surface area contributed by atoms with Crippen LogP contribution in [-0.4, -0.2) is 31.9 Å². The van der Waals surface area contributed by atoms with E-state index in [9.17, 15) is 8.42 Å². The molecule has 0 aliphatic rings. The number of hydrogen-bond donors (Lipinski definition) is 2. The molecule has 0 heterocycles. The van der Waals surface area contributed by atoms with Gasteiger partial charge in [-0.3, -0.25) is 0 Å². The highest BCUT2D eigenvalue weighted by atomic mass is 32.2. The van der Waals surface area contributed by atoms with Crippen molar-refractivity contribution in [2.45, 2.75) is 36.1 Å². The summed E-state index contributed by atoms with van der Waals surface area (Å²) in [5.41, 5.74) is 0. The van der Waals surface area contributed by atoms with Gasteiger partial charge in [-0.25, -0.2) is 13.1 Å². The normalized spacial score (nSPS) is 12.0. The first-order valence-corrected chi connectivity index (χ1v) is 8.29. The summed E-state index contributed by atoms with van der Waals surface area (Å²) in [5.74, 6) is 0.699. The lowest BCUT2D eigenvalue weighted by Crippen LogP contribution is -2.30. The Labute approximate surface area is 113 Å². The Hall–Kier alpha value is -0.560. The smallest absolute Gasteiger partial charge is 0.241 e. The number of sulfonamides is 1. The molecule has 6 heteroatoms. The topological polar surface area (TPSA) is 66.4 Å². The molecule has 1 aromatic rings. The predicted molar refractivity (Wildman–Crippen MR) is 74.3 cm³/mol. The molecule has 0 aliphatic heterocycles. The molecule has 0 fully saturated rings. The molecule has 0 saturated heterocycles. The fraction of sp³-hybridized carbons (Fsp3) is 0.500. The molecule has 0 saturated carbocycles. The van der Waals surface area contributed by atoms with Gasteiger partial charge in [-0.15, -0.1) is 11.8 Å². The second-order valence-electron chi connectivity index (χ2n) is 4.15. The van der Waals surface area contributed by atoms with Crippen LogP contribution in [0.3, 0.4) is 0 Å². The van der Waals surface area contributed by atoms with Crippen LogP contribution in [0.2, 0.25) is 0 Å². The molecule has 4 nitrogen and oxygen atoms in total. The maximum Gasteiger partial charge on any atom is 0.241 e. The zero-order valence-electron chi connectivity index (χ0n) is 10.6. The van der Waals surface area contributed by atoms with Gasteiger partial charge < -0.3 is 5.11 Å². The summed E-state index contributed by atoms with van der Waals surface area (Å²) in [5, 5.41) is 8.75. The predicted octanol–water partition coefficient (Wildman–Crippen LogP) is 1.85. The van der Waals surface area contributed by atoms with Crippen LogP contribution in [0.25, 0.3) is 0 Å². The van der Waals surface area contributed by atoms with E-state index in [1.807, 2.05) is 6.07 Å². The molecule has 18 heavy (non-hydrogen) atoms. The third kappa shape index (κ3) is 4.61. The summed E-state index contributed by atoms with van der Waals surface area (Å²) < 4.78 is 26.8. The average Bonchev–Trinajstić information content (AvgIpc) is 2.28. The van der Waals surface area contributed by atoms with Crippen LogP contribution in [-0.2, 0) is 10.0 Å². The van der Waals surface area contributed by atoms with Gasteiger partial charge >= 0.3 is 0 Å². The van der Waals surface area contributed by atoms with Crippen LogP contribution in [0.15, 0.2) is 34.1 Å². The molecular formula is C12H19NO3S2. The van der Waals surface area contributed by atoms with Gasteiger partial charge in [0.2, 0.25) is 10.0 Å². The van der Waals surface area contributed by atoms with E-state index < -0.39 is 10.0 Å². The molecule has 0 atom stereocenters. The molecule has 0 bridgehead atoms. The minimum atomic E-state index is -3.46. The Morgan fingerprint density at radius 1 is 1.33 bits per heavy atom. The number of nitrogens with one attached hydrogen (secondary N) is 1. The summed E-state index contributed by atoms with van der Waals surface area (Å²) in [6.07, 6.45) is 0.649. The summed E-state index contributed by atoms with van der Waals surface area (Å²) in [4.78, 5) is 1.03. The zero-order chi connectivity index (χ0) is 13.6. The van der Waals surface area contributed by atoms with Gasteiger partial charge in [0.05, 0.1) is 4.90 Å². The third-order valence-electron chi connectivity index (χ3n) is 2.09. The van der Waals surface area contributed by atoms with E-state index in [4.69, 9.17) is 5.11 Å². The second-order valence-corrected chi connectivity index (χ2v) is 6.97. The Morgan fingerprint density at radius 2 is 2.00 bits per heavy atom. The highest BCUT2D eigenvalue weighted by Gasteiger charge is 2.18. The first kappa shape index (κ1) is 15.5. The van der Waals surface area contributed by atoms with Crippen LogP contribution < -0.4 is 4.72 Å². The number of aliphatic hydroxyl groups is 1. The summed E-state index contributed by atoms with van der Waals surface area (Å²) in [6.45, 7) is 3.70. The summed E-state index contributed by atoms with van der Waals surface area (Å²) in [7, 11) is -3.46. The lowest BCUT2D eigenvalue weighted by atomic mass is 10.4. The Balaban J connectivity index is 2.94. The molecule has 0 unspecified atom stereocenters. The van der Waals surface area contributed by atoms with E-state index in [1.165, 1.54) is 11.8 Å². The van der Waals surface area contributed by atoms with Crippen molar-refractivity contribution in [3.8, 4) is 0 Å². The van der Waals surface area contributed by atoms with Gasteiger partial charge in [0, 0.05) is 23.3 Å². The minimum absolute atomic E-state index is 0.117. The molecule has 0 radical (unpaired) electrons. The van der Waals surface area contributed by atoms with E-state index in [2.05, 4.69) is 4.72 Å². The van der Waals surface area contributed by atoms with Crippen LogP contribution in [0, 0.1) is 0 Å². The molecule has 0 aliphatic carbocycles. The van der Waals surface area contributed by atoms with Gasteiger partial charge in [0.1, 0.15) is 0 Å². The summed E-state index contributed by atoms with van der Waals surface area (Å²) in [6, 6.07) is 6.79. The van der Waals surface area contributed by atoms with Gasteiger partial charge in [-0.2, -0.15) is 0 Å². The van der Waals surface area contributed by atoms with Crippen molar-refractivity contribution < 1.29 is 13.5 Å². The SMILES string of the molecule is CC(C)NS(=O)(=O)c1ccccc1SCCCO. The fourth-order valence-electron chi connectivity index (χ4n) is 1.41. The third-order valence-corrected chi connectivity index (χ3v) is 5.10. The number of thioether (sulfide) groups is 1. The van der Waals surface area contributed by atoms with Gasteiger partial charge in [-0.1, -0.05) is 12.1 Å². The van der Waals surface area contributed by atoms with E-state index in [0.29, 0.717) is 17.1 Å². The Kier molecular flexibility index (Phi) is 6.14. The molecule has 1 rings (SSSR count). The largest absolute Gasteiger partial charge is 0.396 e. The standard InChI is InChI=1S/C12H19NO3S2/c1-10(2)13-18(15,16)12-7-4-3-6-11(12)17-9-5-8-14/h3-4,6-7,10,13-14H,5,8-9H2,1-2H3. The van der Waals surface area contributed by atoms with Crippen LogP contribution >= 0.6 is 11.8 Å². The molecule has 1 aromatic carbocycles. The van der Waals surface area contributed by atoms with Crippen molar-refractivity contribution in [3.63, 3.8) is 0 Å². The van der Waals surface area contributed by atoms with Crippen LogP contribution in [0.5, 0.6) is 0 Å². The lowest BCUT2D eigenvalue weighted by Gasteiger charge is -2.12. The number of benzene rings is 1. The van der Waals surface area contributed by atoms with E-state index in [-0.39, 0.29) is 12.6 Å². The molecule has 2 N–H and O–H groups in total. The van der Waals surface area contributed by atoms with Crippen molar-refractivity contribution >= 4 is 21.8 Å². The maximum atomic E-state index is 12.1. The first-order valence-electron chi connectivity index (χ1n) is 5.82. The van der Waals surface area contributed by atoms with Crippen molar-refractivity contribution in [1.29, 1.82) is 0 Å². The Morgan fingerprint density at radius 3 is 2.61 bits per heavy atom. The highest BCUT2D eigenvalue weighted by Crippen LogP contribution is 2.26. The first-order chi connectivity index (χ1) is 8.47. The van der Waals surface area contributed by atoms with E-state index in [1.54, 1.807) is 32.0 Å². The Bertz CT molecular complexity index is 472. The van der Waals surface area contributed by atoms with Crippen molar-refractivity contribution in [1.82, 2.24) is 4.72 Å².